The molecule has 112 valence electrons. The first-order valence-corrected chi connectivity index (χ1v) is 8.07. The molecule has 1 amide bonds. The van der Waals surface area contributed by atoms with Crippen molar-refractivity contribution in [2.45, 2.75) is 70.3 Å². The van der Waals surface area contributed by atoms with E-state index in [0.717, 1.165) is 19.3 Å². The number of rotatable bonds is 2. The Morgan fingerprint density at radius 3 is 2.86 bits per heavy atom. The van der Waals surface area contributed by atoms with Gasteiger partial charge in [-0.3, -0.25) is 4.79 Å². The molecule has 1 aromatic rings. The van der Waals surface area contributed by atoms with E-state index < -0.39 is 0 Å². The van der Waals surface area contributed by atoms with E-state index in [1.807, 2.05) is 0 Å². The Balaban J connectivity index is 1.66. The Bertz CT molecular complexity index is 573. The molecule has 4 nitrogen and oxygen atoms in total. The van der Waals surface area contributed by atoms with Gasteiger partial charge in [0.2, 0.25) is 0 Å². The van der Waals surface area contributed by atoms with Crippen molar-refractivity contribution in [1.29, 1.82) is 0 Å². The van der Waals surface area contributed by atoms with Gasteiger partial charge in [-0.05, 0) is 38.5 Å². The number of nitrogens with zero attached hydrogens (tertiary/aromatic N) is 1. The van der Waals surface area contributed by atoms with Gasteiger partial charge in [0.25, 0.3) is 5.91 Å². The van der Waals surface area contributed by atoms with Gasteiger partial charge >= 0.3 is 0 Å². The van der Waals surface area contributed by atoms with Gasteiger partial charge in [0.15, 0.2) is 0 Å². The zero-order chi connectivity index (χ0) is 14.7. The minimum Gasteiger partial charge on any atom is -0.345 e. The highest BCUT2D eigenvalue weighted by molar-refractivity contribution is 5.93. The molecule has 2 aliphatic rings. The molecular weight excluding hydrogens is 262 g/mol. The molecule has 0 aromatic carbocycles. The number of aromatic amines is 1. The van der Waals surface area contributed by atoms with Crippen LogP contribution in [0.1, 0.15) is 68.6 Å². The van der Waals surface area contributed by atoms with E-state index in [1.54, 1.807) is 6.92 Å². The van der Waals surface area contributed by atoms with Crippen LogP contribution in [0.4, 0.5) is 0 Å². The fourth-order valence-corrected chi connectivity index (χ4v) is 3.53. The summed E-state index contributed by atoms with van der Waals surface area (Å²) in [6.45, 7) is 1.68. The van der Waals surface area contributed by atoms with Crippen LogP contribution in [0, 0.1) is 11.8 Å². The molecule has 0 saturated heterocycles. The number of hydrogen-bond donors (Lipinski definition) is 2. The number of aromatic nitrogens is 2. The largest absolute Gasteiger partial charge is 0.345 e. The maximum Gasteiger partial charge on any atom is 0.296 e. The summed E-state index contributed by atoms with van der Waals surface area (Å²) >= 11 is 0. The van der Waals surface area contributed by atoms with Crippen LogP contribution in [0.2, 0.25) is 0 Å². The van der Waals surface area contributed by atoms with Crippen LogP contribution in [0.25, 0.3) is 0 Å². The first-order chi connectivity index (χ1) is 10.3. The van der Waals surface area contributed by atoms with Crippen molar-refractivity contribution in [3.8, 4) is 11.8 Å². The number of hydrogen-bond acceptors (Lipinski definition) is 2. The Morgan fingerprint density at radius 2 is 2.10 bits per heavy atom. The van der Waals surface area contributed by atoms with Crippen LogP contribution < -0.4 is 5.32 Å². The lowest BCUT2D eigenvalue weighted by molar-refractivity contribution is -0.116. The van der Waals surface area contributed by atoms with Crippen LogP contribution in [-0.4, -0.2) is 21.9 Å². The summed E-state index contributed by atoms with van der Waals surface area (Å²) in [5.41, 5.74) is 2.43. The zero-order valence-corrected chi connectivity index (χ0v) is 12.7. The van der Waals surface area contributed by atoms with E-state index in [4.69, 9.17) is 4.98 Å². The van der Waals surface area contributed by atoms with Crippen molar-refractivity contribution in [2.75, 3.05) is 0 Å². The predicted octanol–water partition coefficient (Wildman–Crippen LogP) is 2.45. The maximum atomic E-state index is 11.6. The van der Waals surface area contributed by atoms with Crippen LogP contribution >= 0.6 is 0 Å². The molecule has 3 rings (SSSR count). The molecular formula is C17H23N3O. The standard InChI is InChI=1S/C17H23N3O/c1-2-6-16(21)18-13-9-10-14-15(11-13)20-17(19-14)12-7-4-3-5-8-12/h12-13H,3-5,7-11H2,1H3,(H,18,21)(H,19,20). The zero-order valence-electron chi connectivity index (χ0n) is 12.7. The molecule has 0 bridgehead atoms. The van der Waals surface area contributed by atoms with Gasteiger partial charge in [-0.2, -0.15) is 0 Å². The van der Waals surface area contributed by atoms with Gasteiger partial charge in [0, 0.05) is 24.1 Å². The monoisotopic (exact) mass is 285 g/mol. The molecule has 0 radical (unpaired) electrons. The number of carbonyl (C=O) groups excluding carboxylic acids is 1. The lowest BCUT2D eigenvalue weighted by Gasteiger charge is -2.21. The van der Waals surface area contributed by atoms with Crippen LogP contribution in [0.5, 0.6) is 0 Å². The van der Waals surface area contributed by atoms with Gasteiger partial charge < -0.3 is 10.3 Å². The number of imidazole rings is 1. The second-order valence-electron chi connectivity index (χ2n) is 6.17. The van der Waals surface area contributed by atoms with Crippen molar-refractivity contribution in [3.05, 3.63) is 17.2 Å². The van der Waals surface area contributed by atoms with E-state index in [-0.39, 0.29) is 11.9 Å². The molecule has 4 heteroatoms. The van der Waals surface area contributed by atoms with E-state index in [1.165, 1.54) is 49.3 Å². The normalized spacial score (nSPS) is 22.0. The smallest absolute Gasteiger partial charge is 0.296 e. The Kier molecular flexibility index (Phi) is 4.28. The average Bonchev–Trinajstić information content (AvgIpc) is 2.91. The minimum absolute atomic E-state index is 0.169. The fourth-order valence-electron chi connectivity index (χ4n) is 3.53. The summed E-state index contributed by atoms with van der Waals surface area (Å²) in [6.07, 6.45) is 9.30. The third-order valence-corrected chi connectivity index (χ3v) is 4.63. The molecule has 21 heavy (non-hydrogen) atoms. The Labute approximate surface area is 126 Å². The third kappa shape index (κ3) is 3.29. The molecule has 1 heterocycles. The summed E-state index contributed by atoms with van der Waals surface area (Å²) in [6, 6.07) is 0.186. The summed E-state index contributed by atoms with van der Waals surface area (Å²) in [7, 11) is 0. The topological polar surface area (TPSA) is 57.8 Å². The van der Waals surface area contributed by atoms with E-state index in [9.17, 15) is 4.79 Å². The maximum absolute atomic E-state index is 11.6. The van der Waals surface area contributed by atoms with Gasteiger partial charge in [0.05, 0.1) is 5.69 Å². The summed E-state index contributed by atoms with van der Waals surface area (Å²) in [5, 5.41) is 2.99. The molecule has 1 atom stereocenters. The quantitative estimate of drug-likeness (QED) is 0.820. The number of amides is 1. The van der Waals surface area contributed by atoms with Gasteiger partial charge in [-0.25, -0.2) is 4.98 Å². The number of nitrogens with one attached hydrogen (secondary N) is 2. The van der Waals surface area contributed by atoms with Crippen molar-refractivity contribution in [2.24, 2.45) is 0 Å². The molecule has 0 aliphatic heterocycles. The second kappa shape index (κ2) is 6.34. The second-order valence-corrected chi connectivity index (χ2v) is 6.17. The highest BCUT2D eigenvalue weighted by Gasteiger charge is 2.26. The first kappa shape index (κ1) is 14.2. The molecule has 2 aliphatic carbocycles. The highest BCUT2D eigenvalue weighted by Crippen LogP contribution is 2.32. The van der Waals surface area contributed by atoms with E-state index in [2.05, 4.69) is 22.1 Å². The van der Waals surface area contributed by atoms with E-state index >= 15 is 0 Å². The number of aryl methyl sites for hydroxylation is 1. The molecule has 1 unspecified atom stereocenters. The molecule has 1 fully saturated rings. The third-order valence-electron chi connectivity index (χ3n) is 4.63. The molecule has 1 saturated carbocycles. The lowest BCUT2D eigenvalue weighted by atomic mass is 9.89. The van der Waals surface area contributed by atoms with Crippen molar-refractivity contribution < 1.29 is 4.79 Å². The Morgan fingerprint density at radius 1 is 1.29 bits per heavy atom. The summed E-state index contributed by atoms with van der Waals surface area (Å²) in [5.74, 6) is 6.82. The first-order valence-electron chi connectivity index (χ1n) is 8.07. The lowest BCUT2D eigenvalue weighted by Crippen LogP contribution is -2.38. The van der Waals surface area contributed by atoms with Crippen LogP contribution in [-0.2, 0) is 17.6 Å². The minimum atomic E-state index is -0.169. The number of fused-ring (bicyclic) bond motifs is 1. The summed E-state index contributed by atoms with van der Waals surface area (Å²) < 4.78 is 0. The molecule has 1 aromatic heterocycles. The van der Waals surface area contributed by atoms with Crippen molar-refractivity contribution in [3.63, 3.8) is 0 Å². The van der Waals surface area contributed by atoms with Crippen molar-refractivity contribution >= 4 is 5.91 Å². The van der Waals surface area contributed by atoms with Crippen LogP contribution in [0.3, 0.4) is 0 Å². The van der Waals surface area contributed by atoms with Crippen LogP contribution in [0.15, 0.2) is 0 Å². The predicted molar refractivity (Wildman–Crippen MR) is 81.8 cm³/mol. The van der Waals surface area contributed by atoms with Gasteiger partial charge in [0.1, 0.15) is 5.82 Å². The number of H-pyrrole nitrogens is 1. The fraction of sp³-hybridized carbons (Fsp3) is 0.647. The molecule has 2 N–H and O–H groups in total. The van der Waals surface area contributed by atoms with Gasteiger partial charge in [-0.1, -0.05) is 25.2 Å². The van der Waals surface area contributed by atoms with Crippen molar-refractivity contribution in [1.82, 2.24) is 15.3 Å². The summed E-state index contributed by atoms with van der Waals surface area (Å²) in [4.78, 5) is 19.9. The Hall–Kier alpha value is -1.76. The van der Waals surface area contributed by atoms with E-state index in [0.29, 0.717) is 5.92 Å². The SMILES string of the molecule is CC#CC(=O)NC1CCc2nc(C3CCCCC3)[nH]c2C1. The highest BCUT2D eigenvalue weighted by atomic mass is 16.1. The average molecular weight is 285 g/mol. The number of carbonyl (C=O) groups is 1. The van der Waals surface area contributed by atoms with Gasteiger partial charge in [-0.15, -0.1) is 0 Å². The molecule has 0 spiro atoms.